The van der Waals surface area contributed by atoms with Gasteiger partial charge in [0.25, 0.3) is 0 Å². The highest BCUT2D eigenvalue weighted by atomic mass is 32.2. The van der Waals surface area contributed by atoms with Crippen LogP contribution in [0.1, 0.15) is 16.4 Å². The van der Waals surface area contributed by atoms with Crippen molar-refractivity contribution >= 4 is 52.2 Å². The molecule has 1 fully saturated rings. The lowest BCUT2D eigenvalue weighted by Crippen LogP contribution is -2.33. The first-order valence-electron chi connectivity index (χ1n) is 12.9. The van der Waals surface area contributed by atoms with Gasteiger partial charge >= 0.3 is 4.87 Å². The Morgan fingerprint density at radius 3 is 2.12 bits per heavy atom. The van der Waals surface area contributed by atoms with Gasteiger partial charge in [-0.05, 0) is 66.2 Å². The number of anilines is 2. The van der Waals surface area contributed by atoms with Gasteiger partial charge in [-0.15, -0.1) is 0 Å². The van der Waals surface area contributed by atoms with Gasteiger partial charge < -0.3 is 14.8 Å². The Kier molecular flexibility index (Phi) is 7.33. The zero-order chi connectivity index (χ0) is 29.5. The van der Waals surface area contributed by atoms with Crippen molar-refractivity contribution in [3.05, 3.63) is 98.7 Å². The largest absolute Gasteiger partial charge is 0.497 e. The summed E-state index contributed by atoms with van der Waals surface area (Å²) in [7, 11) is 3.06. The Hall–Kier alpha value is -4.42. The molecule has 0 unspecified atom stereocenters. The highest BCUT2D eigenvalue weighted by molar-refractivity contribution is 8.00. The lowest BCUT2D eigenvalue weighted by atomic mass is 9.83. The minimum absolute atomic E-state index is 0.290. The van der Waals surface area contributed by atoms with Crippen LogP contribution >= 0.6 is 23.1 Å². The van der Waals surface area contributed by atoms with E-state index in [1.165, 1.54) is 23.8 Å². The number of hydrogen-bond donors (Lipinski definition) is 1. The molecule has 0 radical (unpaired) electrons. The molecule has 3 heterocycles. The fourth-order valence-corrected chi connectivity index (χ4v) is 8.06. The third-order valence-corrected chi connectivity index (χ3v) is 9.89. The number of carbonyl (C=O) groups excluding carboxylic acids is 3. The zero-order valence-electron chi connectivity index (χ0n) is 22.4. The number of hydrogen-bond acceptors (Lipinski definition) is 8. The fraction of sp³-hybridized carbons (Fsp3) is 0.200. The highest BCUT2D eigenvalue weighted by Gasteiger charge is 2.56. The summed E-state index contributed by atoms with van der Waals surface area (Å²) >= 11 is 2.04. The number of carbonyl (C=O) groups is 3. The van der Waals surface area contributed by atoms with Crippen molar-refractivity contribution in [3.63, 3.8) is 0 Å². The minimum atomic E-state index is -0.855. The van der Waals surface area contributed by atoms with E-state index in [1.807, 2.05) is 0 Å². The Labute approximate surface area is 247 Å². The number of aromatic nitrogens is 1. The van der Waals surface area contributed by atoms with Crippen molar-refractivity contribution in [1.82, 2.24) is 4.57 Å². The number of thioether (sulfide) groups is 1. The van der Waals surface area contributed by atoms with E-state index in [2.05, 4.69) is 5.32 Å². The fourth-order valence-electron chi connectivity index (χ4n) is 5.29. The summed E-state index contributed by atoms with van der Waals surface area (Å²) in [5.74, 6) is -2.02. The summed E-state index contributed by atoms with van der Waals surface area (Å²) in [4.78, 5) is 55.3. The van der Waals surface area contributed by atoms with Gasteiger partial charge in [-0.2, -0.15) is 0 Å². The van der Waals surface area contributed by atoms with Crippen LogP contribution in [0.2, 0.25) is 0 Å². The molecule has 2 aliphatic heterocycles. The van der Waals surface area contributed by atoms with E-state index in [0.29, 0.717) is 38.3 Å². The maximum Gasteiger partial charge on any atom is 0.308 e. The number of amides is 3. The predicted molar refractivity (Wildman–Crippen MR) is 157 cm³/mol. The molecular formula is C30H24FN3O6S2. The van der Waals surface area contributed by atoms with Crippen LogP contribution < -0.4 is 24.6 Å². The van der Waals surface area contributed by atoms with Crippen LogP contribution in [0.25, 0.3) is 0 Å². The average molecular weight is 606 g/mol. The van der Waals surface area contributed by atoms with E-state index in [1.54, 1.807) is 67.8 Å². The standard InChI is InChI=1S/C30H24FN3O6S2/c1-39-20-11-7-18(8-12-20)32-22(35)15-33-29-26(42-30(33)38)23(16-3-5-17(31)6-4-16)24-25(41-29)28(37)34(27(24)36)19-9-13-21(40-2)14-10-19/h3-14,23-25H,15H2,1-2H3,(H,32,35)/t23-,24-,25+/m0/s1. The second-order valence-electron chi connectivity index (χ2n) is 9.70. The van der Waals surface area contributed by atoms with Crippen molar-refractivity contribution in [2.75, 3.05) is 24.4 Å². The number of fused-ring (bicyclic) bond motifs is 2. The first-order valence-corrected chi connectivity index (χ1v) is 14.6. The van der Waals surface area contributed by atoms with Crippen LogP contribution in [0.5, 0.6) is 11.5 Å². The van der Waals surface area contributed by atoms with Gasteiger partial charge in [0.05, 0.1) is 30.9 Å². The van der Waals surface area contributed by atoms with Crippen molar-refractivity contribution in [3.8, 4) is 11.5 Å². The Morgan fingerprint density at radius 1 is 0.881 bits per heavy atom. The molecule has 1 N–H and O–H groups in total. The lowest BCUT2D eigenvalue weighted by Gasteiger charge is -2.30. The SMILES string of the molecule is COc1ccc(NC(=O)Cn2c3c(sc2=O)[C@@H](c2ccc(F)cc2)[C@@H]2C(=O)N(c4ccc(OC)cc4)C(=O)[C@@H]2S3)cc1. The molecule has 3 atom stereocenters. The molecule has 0 saturated carbocycles. The van der Waals surface area contributed by atoms with E-state index >= 15 is 0 Å². The molecule has 2 aliphatic rings. The van der Waals surface area contributed by atoms with Gasteiger partial charge in [0.1, 0.15) is 29.1 Å². The maximum atomic E-state index is 13.9. The molecule has 1 saturated heterocycles. The number of halogens is 1. The quantitative estimate of drug-likeness (QED) is 0.309. The van der Waals surface area contributed by atoms with Crippen LogP contribution in [-0.4, -0.2) is 41.8 Å². The monoisotopic (exact) mass is 605 g/mol. The molecular weight excluding hydrogens is 581 g/mol. The topological polar surface area (TPSA) is 107 Å². The Morgan fingerprint density at radius 2 is 1.50 bits per heavy atom. The molecule has 4 aromatic rings. The number of rotatable bonds is 7. The molecule has 0 spiro atoms. The predicted octanol–water partition coefficient (Wildman–Crippen LogP) is 4.50. The smallest absolute Gasteiger partial charge is 0.308 e. The summed E-state index contributed by atoms with van der Waals surface area (Å²) < 4.78 is 25.6. The van der Waals surface area contributed by atoms with Crippen LogP contribution in [0.15, 0.2) is 82.6 Å². The molecule has 0 bridgehead atoms. The highest BCUT2D eigenvalue weighted by Crippen LogP contribution is 2.53. The number of methoxy groups -OCH3 is 2. The first-order chi connectivity index (χ1) is 20.3. The molecule has 3 amide bonds. The third-order valence-electron chi connectivity index (χ3n) is 7.28. The lowest BCUT2D eigenvalue weighted by molar-refractivity contribution is -0.122. The molecule has 0 aliphatic carbocycles. The van der Waals surface area contributed by atoms with E-state index in [-0.39, 0.29) is 6.54 Å². The normalized spacial score (nSPS) is 19.3. The van der Waals surface area contributed by atoms with Gasteiger partial charge in [-0.25, -0.2) is 9.29 Å². The van der Waals surface area contributed by atoms with Crippen molar-refractivity contribution in [2.24, 2.45) is 5.92 Å². The summed E-state index contributed by atoms with van der Waals surface area (Å²) in [6.07, 6.45) is 0. The number of benzene rings is 3. The maximum absolute atomic E-state index is 13.9. The number of nitrogens with one attached hydrogen (secondary N) is 1. The molecule has 1 aromatic heterocycles. The second kappa shape index (κ2) is 11.1. The van der Waals surface area contributed by atoms with Crippen LogP contribution in [0.4, 0.5) is 15.8 Å². The Balaban J connectivity index is 1.37. The van der Waals surface area contributed by atoms with Crippen molar-refractivity contribution in [1.29, 1.82) is 0 Å². The molecule has 6 rings (SSSR count). The average Bonchev–Trinajstić information content (AvgIpc) is 3.44. The number of thiazole rings is 1. The van der Waals surface area contributed by atoms with Crippen molar-refractivity contribution < 1.29 is 28.2 Å². The molecule has 3 aromatic carbocycles. The molecule has 214 valence electrons. The second-order valence-corrected chi connectivity index (χ2v) is 11.8. The van der Waals surface area contributed by atoms with Gasteiger partial charge in [-0.1, -0.05) is 35.2 Å². The molecule has 9 nitrogen and oxygen atoms in total. The summed E-state index contributed by atoms with van der Waals surface area (Å²) in [5.41, 5.74) is 1.53. The summed E-state index contributed by atoms with van der Waals surface area (Å²) in [6.45, 7) is -0.290. The van der Waals surface area contributed by atoms with Crippen LogP contribution in [-0.2, 0) is 20.9 Å². The van der Waals surface area contributed by atoms with E-state index < -0.39 is 45.5 Å². The number of imide groups is 1. The number of ether oxygens (including phenoxy) is 2. The molecule has 12 heteroatoms. The van der Waals surface area contributed by atoms with E-state index in [9.17, 15) is 23.6 Å². The van der Waals surface area contributed by atoms with Crippen LogP contribution in [0, 0.1) is 11.7 Å². The third kappa shape index (κ3) is 4.86. The minimum Gasteiger partial charge on any atom is -0.497 e. The van der Waals surface area contributed by atoms with Crippen LogP contribution in [0.3, 0.4) is 0 Å². The van der Waals surface area contributed by atoms with Crippen molar-refractivity contribution in [2.45, 2.75) is 22.7 Å². The van der Waals surface area contributed by atoms with Gasteiger partial charge in [0.2, 0.25) is 17.7 Å². The summed E-state index contributed by atoms with van der Waals surface area (Å²) in [5, 5.41) is 2.37. The zero-order valence-corrected chi connectivity index (χ0v) is 24.0. The van der Waals surface area contributed by atoms with Gasteiger partial charge in [-0.3, -0.25) is 23.7 Å². The number of nitrogens with zero attached hydrogens (tertiary/aromatic N) is 2. The Bertz CT molecular complexity index is 1730. The molecule has 42 heavy (non-hydrogen) atoms. The van der Waals surface area contributed by atoms with E-state index in [0.717, 1.165) is 28.0 Å². The van der Waals surface area contributed by atoms with E-state index in [4.69, 9.17) is 9.47 Å². The first kappa shape index (κ1) is 27.7. The van der Waals surface area contributed by atoms with Gasteiger partial charge in [0.15, 0.2) is 0 Å². The van der Waals surface area contributed by atoms with Gasteiger partial charge in [0, 0.05) is 16.5 Å². The summed E-state index contributed by atoms with van der Waals surface area (Å²) in [6, 6.07) is 19.1.